The molecule has 1 aliphatic rings. The zero-order chi connectivity index (χ0) is 22.7. The second-order valence-corrected chi connectivity index (χ2v) is 7.15. The van der Waals surface area contributed by atoms with Gasteiger partial charge in [0.15, 0.2) is 0 Å². The van der Waals surface area contributed by atoms with E-state index in [4.69, 9.17) is 14.6 Å². The number of carboxylic acid groups (broad SMARTS) is 1. The molecule has 0 radical (unpaired) electrons. The highest BCUT2D eigenvalue weighted by molar-refractivity contribution is 5.87. The van der Waals surface area contributed by atoms with Gasteiger partial charge < -0.3 is 14.6 Å². The van der Waals surface area contributed by atoms with Gasteiger partial charge in [-0.3, -0.25) is 4.79 Å². The number of alkyl halides is 3. The van der Waals surface area contributed by atoms with Crippen molar-refractivity contribution in [1.29, 1.82) is 0 Å². The number of hydrogen-bond donors (Lipinski definition) is 1. The molecule has 0 spiro atoms. The number of aliphatic carboxylic acids is 1. The number of carbonyl (C=O) groups is 1. The van der Waals surface area contributed by atoms with Crippen LogP contribution < -0.4 is 9.47 Å². The molecule has 6 nitrogen and oxygen atoms in total. The average Bonchev–Trinajstić information content (AvgIpc) is 2.74. The number of hydrogen-bond acceptors (Lipinski definition) is 5. The standard InChI is InChI=1S/C23H17F3N2O4/c24-23(25,26)19-11-17(31-20-6-2-4-15-12-27-28-13-18(15)20)7-8-21(19)32-16-5-1-3-14(9-16)10-22(29)30/h1-8,11-13,16H,9-10H2,(H,29,30). The summed E-state index contributed by atoms with van der Waals surface area (Å²) >= 11 is 0. The zero-order valence-corrected chi connectivity index (χ0v) is 16.5. The van der Waals surface area contributed by atoms with Crippen molar-refractivity contribution in [2.45, 2.75) is 25.1 Å². The minimum Gasteiger partial charge on any atom is -0.485 e. The van der Waals surface area contributed by atoms with E-state index in [1.165, 1.54) is 24.5 Å². The third-order valence-electron chi connectivity index (χ3n) is 4.81. The van der Waals surface area contributed by atoms with E-state index in [0.29, 0.717) is 16.7 Å². The van der Waals surface area contributed by atoms with Crippen LogP contribution in [-0.2, 0) is 11.0 Å². The number of ether oxygens (including phenoxy) is 2. The highest BCUT2D eigenvalue weighted by Crippen LogP contribution is 2.41. The molecule has 0 saturated heterocycles. The van der Waals surface area contributed by atoms with Gasteiger partial charge in [-0.25, -0.2) is 0 Å². The number of allylic oxidation sites excluding steroid dienone is 2. The lowest BCUT2D eigenvalue weighted by atomic mass is 10.00. The molecule has 0 fully saturated rings. The van der Waals surface area contributed by atoms with Crippen molar-refractivity contribution in [3.63, 3.8) is 0 Å². The molecule has 164 valence electrons. The Labute approximate surface area is 180 Å². The van der Waals surface area contributed by atoms with Gasteiger partial charge in [-0.05, 0) is 30.3 Å². The molecule has 1 atom stereocenters. The Morgan fingerprint density at radius 2 is 1.94 bits per heavy atom. The Hall–Kier alpha value is -3.88. The second kappa shape index (κ2) is 8.70. The summed E-state index contributed by atoms with van der Waals surface area (Å²) in [5, 5.41) is 17.9. The topological polar surface area (TPSA) is 81.5 Å². The minimum atomic E-state index is -4.68. The maximum absolute atomic E-state index is 13.8. The van der Waals surface area contributed by atoms with Crippen LogP contribution in [0.3, 0.4) is 0 Å². The first-order chi connectivity index (χ1) is 15.3. The van der Waals surface area contributed by atoms with E-state index in [0.717, 1.165) is 11.5 Å². The highest BCUT2D eigenvalue weighted by atomic mass is 19.4. The molecule has 0 saturated carbocycles. The van der Waals surface area contributed by atoms with Crippen molar-refractivity contribution in [2.24, 2.45) is 0 Å². The number of fused-ring (bicyclic) bond motifs is 1. The van der Waals surface area contributed by atoms with Gasteiger partial charge in [-0.15, -0.1) is 0 Å². The summed E-state index contributed by atoms with van der Waals surface area (Å²) in [6.45, 7) is 0. The molecule has 0 amide bonds. The van der Waals surface area contributed by atoms with Crippen molar-refractivity contribution in [3.05, 3.63) is 78.2 Å². The maximum atomic E-state index is 13.8. The Kier molecular flexibility index (Phi) is 5.81. The molecular formula is C23H17F3N2O4. The average molecular weight is 442 g/mol. The maximum Gasteiger partial charge on any atom is 0.420 e. The number of carboxylic acids is 1. The predicted octanol–water partition coefficient (Wildman–Crippen LogP) is 5.55. The van der Waals surface area contributed by atoms with Crippen molar-refractivity contribution in [1.82, 2.24) is 10.2 Å². The van der Waals surface area contributed by atoms with Gasteiger partial charge in [0.1, 0.15) is 28.9 Å². The van der Waals surface area contributed by atoms with E-state index >= 15 is 0 Å². The zero-order valence-electron chi connectivity index (χ0n) is 16.5. The van der Waals surface area contributed by atoms with Crippen LogP contribution in [0.2, 0.25) is 0 Å². The van der Waals surface area contributed by atoms with Crippen molar-refractivity contribution in [3.8, 4) is 17.2 Å². The monoisotopic (exact) mass is 442 g/mol. The number of rotatable bonds is 6. The van der Waals surface area contributed by atoms with Crippen LogP contribution in [0.15, 0.2) is 72.6 Å². The summed E-state index contributed by atoms with van der Waals surface area (Å²) in [6.07, 6.45) is 2.41. The summed E-state index contributed by atoms with van der Waals surface area (Å²) < 4.78 is 52.6. The van der Waals surface area contributed by atoms with Crippen LogP contribution in [-0.4, -0.2) is 27.4 Å². The molecule has 3 aromatic rings. The Bertz CT molecular complexity index is 1220. The lowest BCUT2D eigenvalue weighted by molar-refractivity contribution is -0.139. The molecule has 4 rings (SSSR count). The van der Waals surface area contributed by atoms with Crippen LogP contribution in [0.1, 0.15) is 18.4 Å². The first-order valence-corrected chi connectivity index (χ1v) is 9.63. The molecule has 1 heterocycles. The third-order valence-corrected chi connectivity index (χ3v) is 4.81. The predicted molar refractivity (Wildman–Crippen MR) is 110 cm³/mol. The number of benzene rings is 2. The number of nitrogens with zero attached hydrogens (tertiary/aromatic N) is 2. The first-order valence-electron chi connectivity index (χ1n) is 9.63. The molecule has 1 aliphatic carbocycles. The van der Waals surface area contributed by atoms with Gasteiger partial charge in [0.25, 0.3) is 0 Å². The normalized spacial score (nSPS) is 16.0. The quantitative estimate of drug-likeness (QED) is 0.539. The van der Waals surface area contributed by atoms with Crippen LogP contribution in [0, 0.1) is 0 Å². The molecule has 9 heteroatoms. The van der Waals surface area contributed by atoms with Gasteiger partial charge >= 0.3 is 12.1 Å². The van der Waals surface area contributed by atoms with Gasteiger partial charge in [0.2, 0.25) is 0 Å². The van der Waals surface area contributed by atoms with Crippen LogP contribution in [0.4, 0.5) is 13.2 Å². The molecule has 1 unspecified atom stereocenters. The molecule has 2 aromatic carbocycles. The Balaban J connectivity index is 1.59. The molecule has 1 aromatic heterocycles. The van der Waals surface area contributed by atoms with E-state index in [1.54, 1.807) is 36.4 Å². The molecule has 0 bridgehead atoms. The van der Waals surface area contributed by atoms with Crippen molar-refractivity contribution >= 4 is 16.7 Å². The van der Waals surface area contributed by atoms with Gasteiger partial charge in [-0.1, -0.05) is 29.9 Å². The van der Waals surface area contributed by atoms with Crippen molar-refractivity contribution < 1.29 is 32.5 Å². The summed E-state index contributed by atoms with van der Waals surface area (Å²) in [5.41, 5.74) is -0.421. The number of aromatic nitrogens is 2. The Morgan fingerprint density at radius 1 is 1.12 bits per heavy atom. The van der Waals surface area contributed by atoms with E-state index in [9.17, 15) is 18.0 Å². The van der Waals surface area contributed by atoms with Crippen LogP contribution >= 0.6 is 0 Å². The summed E-state index contributed by atoms with van der Waals surface area (Å²) in [5.74, 6) is -1.04. The fraction of sp³-hybridized carbons (Fsp3) is 0.174. The third kappa shape index (κ3) is 4.88. The SMILES string of the molecule is O=C(O)CC1=CC=CC(Oc2ccc(Oc3cccc4cnncc34)cc2C(F)(F)F)C1. The Morgan fingerprint density at radius 3 is 2.72 bits per heavy atom. The highest BCUT2D eigenvalue weighted by Gasteiger charge is 2.35. The van der Waals surface area contributed by atoms with Crippen LogP contribution in [0.5, 0.6) is 17.2 Å². The number of halogens is 3. The smallest absolute Gasteiger partial charge is 0.420 e. The second-order valence-electron chi connectivity index (χ2n) is 7.15. The lowest BCUT2D eigenvalue weighted by Gasteiger charge is -2.22. The largest absolute Gasteiger partial charge is 0.485 e. The van der Waals surface area contributed by atoms with E-state index in [-0.39, 0.29) is 24.3 Å². The molecule has 1 N–H and O–H groups in total. The lowest BCUT2D eigenvalue weighted by Crippen LogP contribution is -2.20. The van der Waals surface area contributed by atoms with E-state index < -0.39 is 23.8 Å². The minimum absolute atomic E-state index is 0.0142. The van der Waals surface area contributed by atoms with E-state index in [2.05, 4.69) is 10.2 Å². The molecule has 0 aliphatic heterocycles. The molecular weight excluding hydrogens is 425 g/mol. The fourth-order valence-electron chi connectivity index (χ4n) is 3.39. The summed E-state index contributed by atoms with van der Waals surface area (Å²) in [6, 6.07) is 8.59. The van der Waals surface area contributed by atoms with Gasteiger partial charge in [0, 0.05) is 17.2 Å². The van der Waals surface area contributed by atoms with Crippen LogP contribution in [0.25, 0.3) is 10.8 Å². The van der Waals surface area contributed by atoms with Gasteiger partial charge in [-0.2, -0.15) is 23.4 Å². The summed E-state index contributed by atoms with van der Waals surface area (Å²) in [4.78, 5) is 10.9. The fourth-order valence-corrected chi connectivity index (χ4v) is 3.39. The van der Waals surface area contributed by atoms with Gasteiger partial charge in [0.05, 0.1) is 18.8 Å². The molecule has 32 heavy (non-hydrogen) atoms. The van der Waals surface area contributed by atoms with E-state index in [1.807, 2.05) is 0 Å². The van der Waals surface area contributed by atoms with Crippen molar-refractivity contribution in [2.75, 3.05) is 0 Å². The first kappa shape index (κ1) is 21.4. The summed E-state index contributed by atoms with van der Waals surface area (Å²) in [7, 11) is 0.